The smallest absolute Gasteiger partial charge is 0.389 e. The first-order valence-corrected chi connectivity index (χ1v) is 7.72. The third-order valence-electron chi connectivity index (χ3n) is 3.48. The van der Waals surface area contributed by atoms with Crippen LogP contribution in [0.2, 0.25) is 0 Å². The van der Waals surface area contributed by atoms with Crippen LogP contribution >= 0.6 is 0 Å². The zero-order valence-corrected chi connectivity index (χ0v) is 13.4. The van der Waals surface area contributed by atoms with E-state index in [4.69, 9.17) is 8.94 Å². The zero-order valence-electron chi connectivity index (χ0n) is 13.4. The van der Waals surface area contributed by atoms with Crippen molar-refractivity contribution in [3.63, 3.8) is 0 Å². The minimum absolute atomic E-state index is 0.212. The fraction of sp³-hybridized carbons (Fsp3) is 0.235. The lowest BCUT2D eigenvalue weighted by Crippen LogP contribution is -2.17. The first-order chi connectivity index (χ1) is 12.4. The van der Waals surface area contributed by atoms with E-state index in [0.717, 1.165) is 0 Å². The second-order valence-corrected chi connectivity index (χ2v) is 5.49. The first-order valence-electron chi connectivity index (χ1n) is 7.72. The van der Waals surface area contributed by atoms with Gasteiger partial charge in [0.05, 0.1) is 19.1 Å². The van der Waals surface area contributed by atoms with Gasteiger partial charge in [0.25, 0.3) is 0 Å². The van der Waals surface area contributed by atoms with Crippen LogP contribution in [0.25, 0.3) is 11.6 Å². The molecule has 0 radical (unpaired) electrons. The highest BCUT2D eigenvalue weighted by Crippen LogP contribution is 2.24. The largest absolute Gasteiger partial charge is 0.461 e. The molecule has 1 aromatic carbocycles. The van der Waals surface area contributed by atoms with E-state index in [1.165, 1.54) is 6.26 Å². The van der Waals surface area contributed by atoms with Gasteiger partial charge < -0.3 is 14.3 Å². The van der Waals surface area contributed by atoms with Crippen LogP contribution in [-0.4, -0.2) is 22.2 Å². The second kappa shape index (κ2) is 7.42. The Morgan fingerprint density at radius 1 is 1.15 bits per heavy atom. The molecule has 0 aliphatic rings. The molecule has 0 atom stereocenters. The van der Waals surface area contributed by atoms with Crippen molar-refractivity contribution >= 4 is 11.6 Å². The van der Waals surface area contributed by atoms with Crippen molar-refractivity contribution < 1.29 is 26.9 Å². The summed E-state index contributed by atoms with van der Waals surface area (Å²) < 4.78 is 47.0. The fourth-order valence-corrected chi connectivity index (χ4v) is 2.26. The number of nitrogens with one attached hydrogen (secondary N) is 1. The summed E-state index contributed by atoms with van der Waals surface area (Å²) in [5, 5.41) is 6.30. The highest BCUT2D eigenvalue weighted by atomic mass is 19.4. The molecule has 9 heteroatoms. The van der Waals surface area contributed by atoms with Crippen LogP contribution in [0.15, 0.2) is 51.6 Å². The number of rotatable bonds is 6. The van der Waals surface area contributed by atoms with Crippen LogP contribution in [-0.2, 0) is 11.2 Å². The third-order valence-corrected chi connectivity index (χ3v) is 3.48. The van der Waals surface area contributed by atoms with Gasteiger partial charge in [0.2, 0.25) is 17.6 Å². The van der Waals surface area contributed by atoms with Crippen LogP contribution in [0, 0.1) is 0 Å². The predicted molar refractivity (Wildman–Crippen MR) is 85.2 cm³/mol. The van der Waals surface area contributed by atoms with Gasteiger partial charge in [0.15, 0.2) is 5.76 Å². The van der Waals surface area contributed by atoms with Crippen LogP contribution in [0.1, 0.15) is 24.3 Å². The summed E-state index contributed by atoms with van der Waals surface area (Å²) >= 11 is 0. The van der Waals surface area contributed by atoms with Gasteiger partial charge in [0, 0.05) is 12.1 Å². The summed E-state index contributed by atoms with van der Waals surface area (Å²) in [6.07, 6.45) is -4.48. The van der Waals surface area contributed by atoms with Gasteiger partial charge in [-0.15, -0.1) is 0 Å². The van der Waals surface area contributed by atoms with E-state index in [1.54, 1.807) is 36.4 Å². The van der Waals surface area contributed by atoms with Gasteiger partial charge in [-0.05, 0) is 23.8 Å². The Hall–Kier alpha value is -3.10. The Labute approximate surface area is 146 Å². The molecule has 0 fully saturated rings. The summed E-state index contributed by atoms with van der Waals surface area (Å²) in [4.78, 5) is 16.0. The van der Waals surface area contributed by atoms with Gasteiger partial charge in [-0.3, -0.25) is 4.79 Å². The Balaban J connectivity index is 1.68. The van der Waals surface area contributed by atoms with E-state index >= 15 is 0 Å². The molecular formula is C17H14F3N3O3. The Morgan fingerprint density at radius 3 is 2.69 bits per heavy atom. The monoisotopic (exact) mass is 365 g/mol. The lowest BCUT2D eigenvalue weighted by molar-refractivity contribution is -0.142. The molecule has 1 amide bonds. The Kier molecular flexibility index (Phi) is 5.06. The molecule has 2 aromatic heterocycles. The molecule has 0 unspecified atom stereocenters. The number of aromatic nitrogens is 2. The maximum absolute atomic E-state index is 12.2. The molecule has 0 aliphatic heterocycles. The lowest BCUT2D eigenvalue weighted by Gasteiger charge is -2.10. The minimum atomic E-state index is -4.37. The normalized spacial score (nSPS) is 11.5. The highest BCUT2D eigenvalue weighted by molar-refractivity contribution is 5.91. The van der Waals surface area contributed by atoms with Crippen LogP contribution in [0.5, 0.6) is 0 Å². The molecule has 26 heavy (non-hydrogen) atoms. The topological polar surface area (TPSA) is 81.2 Å². The van der Waals surface area contributed by atoms with E-state index in [-0.39, 0.29) is 18.1 Å². The number of furan rings is 1. The summed E-state index contributed by atoms with van der Waals surface area (Å²) in [7, 11) is 0. The van der Waals surface area contributed by atoms with Gasteiger partial charge in [-0.1, -0.05) is 23.4 Å². The molecule has 3 rings (SSSR count). The standard InChI is InChI=1S/C17H14F3N3O3/c18-17(19,20)8-7-14(24)21-12-5-2-1-4-11(12)10-15-22-16(23-26-15)13-6-3-9-25-13/h1-6,9H,7-8,10H2,(H,21,24). The molecule has 0 aliphatic carbocycles. The fourth-order valence-electron chi connectivity index (χ4n) is 2.26. The maximum atomic E-state index is 12.2. The molecule has 2 heterocycles. The van der Waals surface area contributed by atoms with E-state index in [0.29, 0.717) is 17.0 Å². The molecule has 6 nitrogen and oxygen atoms in total. The van der Waals surface area contributed by atoms with Crippen molar-refractivity contribution in [3.05, 3.63) is 54.1 Å². The van der Waals surface area contributed by atoms with E-state index in [9.17, 15) is 18.0 Å². The number of hydrogen-bond donors (Lipinski definition) is 1. The van der Waals surface area contributed by atoms with Gasteiger partial charge in [-0.25, -0.2) is 0 Å². The van der Waals surface area contributed by atoms with Crippen LogP contribution in [0.3, 0.4) is 0 Å². The molecule has 0 bridgehead atoms. The van der Waals surface area contributed by atoms with Crippen LogP contribution in [0.4, 0.5) is 18.9 Å². The number of alkyl halides is 3. The molecule has 0 saturated heterocycles. The number of halogens is 3. The van der Waals surface area contributed by atoms with Crippen molar-refractivity contribution in [1.29, 1.82) is 0 Å². The van der Waals surface area contributed by atoms with E-state index in [2.05, 4.69) is 15.5 Å². The minimum Gasteiger partial charge on any atom is -0.461 e. The van der Waals surface area contributed by atoms with Crippen molar-refractivity contribution in [3.8, 4) is 11.6 Å². The number of carbonyl (C=O) groups excluding carboxylic acids is 1. The average Bonchev–Trinajstić information content (AvgIpc) is 3.25. The predicted octanol–water partition coefficient (Wildman–Crippen LogP) is 4.20. The number of para-hydroxylation sites is 1. The first kappa shape index (κ1) is 17.7. The number of carbonyl (C=O) groups is 1. The summed E-state index contributed by atoms with van der Waals surface area (Å²) in [5.74, 6) is 0.315. The van der Waals surface area contributed by atoms with Crippen molar-refractivity contribution in [2.45, 2.75) is 25.4 Å². The number of anilines is 1. The number of nitrogens with zero attached hydrogens (tertiary/aromatic N) is 2. The van der Waals surface area contributed by atoms with Crippen molar-refractivity contribution in [1.82, 2.24) is 10.1 Å². The van der Waals surface area contributed by atoms with Crippen molar-refractivity contribution in [2.24, 2.45) is 0 Å². The van der Waals surface area contributed by atoms with Crippen molar-refractivity contribution in [2.75, 3.05) is 5.32 Å². The molecule has 0 spiro atoms. The Bertz CT molecular complexity index is 873. The molecule has 3 aromatic rings. The Morgan fingerprint density at radius 2 is 1.96 bits per heavy atom. The summed E-state index contributed by atoms with van der Waals surface area (Å²) in [5.41, 5.74) is 1.04. The van der Waals surface area contributed by atoms with Gasteiger partial charge in [-0.2, -0.15) is 18.2 Å². The quantitative estimate of drug-likeness (QED) is 0.708. The molecule has 0 saturated carbocycles. The maximum Gasteiger partial charge on any atom is 0.389 e. The summed E-state index contributed by atoms with van der Waals surface area (Å²) in [6.45, 7) is 0. The molecule has 136 valence electrons. The molecular weight excluding hydrogens is 351 g/mol. The third kappa shape index (κ3) is 4.71. The SMILES string of the molecule is O=C(CCC(F)(F)F)Nc1ccccc1Cc1nc(-c2ccco2)no1. The number of benzene rings is 1. The lowest BCUT2D eigenvalue weighted by atomic mass is 10.1. The second-order valence-electron chi connectivity index (χ2n) is 5.49. The van der Waals surface area contributed by atoms with Crippen LogP contribution < -0.4 is 5.32 Å². The molecule has 1 N–H and O–H groups in total. The van der Waals surface area contributed by atoms with E-state index in [1.807, 2.05) is 0 Å². The highest BCUT2D eigenvalue weighted by Gasteiger charge is 2.28. The summed E-state index contributed by atoms with van der Waals surface area (Å²) in [6, 6.07) is 10.1. The zero-order chi connectivity index (χ0) is 18.6. The average molecular weight is 365 g/mol. The van der Waals surface area contributed by atoms with Gasteiger partial charge >= 0.3 is 6.18 Å². The number of hydrogen-bond acceptors (Lipinski definition) is 5. The van der Waals surface area contributed by atoms with Gasteiger partial charge in [0.1, 0.15) is 0 Å². The number of amides is 1. The van der Waals surface area contributed by atoms with E-state index < -0.39 is 24.9 Å².